The molecule has 3 aromatic rings. The number of nitrogens with zero attached hydrogens (tertiary/aromatic N) is 1. The van der Waals surface area contributed by atoms with Gasteiger partial charge in [0.2, 0.25) is 5.91 Å². The van der Waals surface area contributed by atoms with Crippen LogP contribution in [0.3, 0.4) is 0 Å². The van der Waals surface area contributed by atoms with Crippen LogP contribution in [-0.4, -0.2) is 54.8 Å². The molecule has 0 saturated carbocycles. The van der Waals surface area contributed by atoms with Gasteiger partial charge < -0.3 is 23.3 Å². The molecule has 0 aromatic heterocycles. The van der Waals surface area contributed by atoms with E-state index in [2.05, 4.69) is 9.62 Å². The lowest BCUT2D eigenvalue weighted by Crippen LogP contribution is -2.53. The molecule has 44 heavy (non-hydrogen) atoms. The number of hydrogen-bond donors (Lipinski definition) is 1. The third kappa shape index (κ3) is 7.47. The standard InChI is InChI=1S/C34H44N2O7S/c1-24(2)28-13-10-14-29(25(3)4)32(28)43-44(38,39)35-33(37)34(26-11-9-12-27(23-26)41-6)17-19-36(20-18-34)30-15-7-8-16-31(30)42-22-21-40-5/h7-16,23-25H,17-22H2,1-6H3,(H,35,37). The van der Waals surface area contributed by atoms with Crippen molar-refractivity contribution in [1.82, 2.24) is 4.72 Å². The summed E-state index contributed by atoms with van der Waals surface area (Å²) < 4.78 is 51.6. The summed E-state index contributed by atoms with van der Waals surface area (Å²) in [5, 5.41) is 0. The highest BCUT2D eigenvalue weighted by molar-refractivity contribution is 7.85. The Bertz CT molecular complexity index is 1500. The van der Waals surface area contributed by atoms with Crippen molar-refractivity contribution in [3.05, 3.63) is 83.4 Å². The summed E-state index contributed by atoms with van der Waals surface area (Å²) in [6, 6.07) is 20.6. The first-order valence-corrected chi connectivity index (χ1v) is 16.4. The summed E-state index contributed by atoms with van der Waals surface area (Å²) in [5.41, 5.74) is 1.96. The van der Waals surface area contributed by atoms with Gasteiger partial charge in [-0.05, 0) is 65.6 Å². The van der Waals surface area contributed by atoms with Crippen molar-refractivity contribution in [2.24, 2.45) is 0 Å². The van der Waals surface area contributed by atoms with Gasteiger partial charge in [0.05, 0.1) is 24.8 Å². The van der Waals surface area contributed by atoms with Crippen LogP contribution in [0.5, 0.6) is 17.2 Å². The lowest BCUT2D eigenvalue weighted by Gasteiger charge is -2.42. The van der Waals surface area contributed by atoms with Crippen LogP contribution in [0.15, 0.2) is 66.7 Å². The second-order valence-corrected chi connectivity index (χ2v) is 12.9. The minimum absolute atomic E-state index is 0.0170. The number of anilines is 1. The molecule has 10 heteroatoms. The molecular weight excluding hydrogens is 580 g/mol. The predicted molar refractivity (Wildman–Crippen MR) is 172 cm³/mol. The lowest BCUT2D eigenvalue weighted by atomic mass is 9.72. The van der Waals surface area contributed by atoms with E-state index in [4.69, 9.17) is 18.4 Å². The first-order valence-electron chi connectivity index (χ1n) is 15.0. The number of carbonyl (C=O) groups excluding carboxylic acids is 1. The van der Waals surface area contributed by atoms with Crippen LogP contribution >= 0.6 is 0 Å². The Kier molecular flexibility index (Phi) is 10.8. The van der Waals surface area contributed by atoms with E-state index in [0.717, 1.165) is 22.6 Å². The Morgan fingerprint density at radius 3 is 2.14 bits per heavy atom. The van der Waals surface area contributed by atoms with Crippen LogP contribution in [0.25, 0.3) is 0 Å². The third-order valence-corrected chi connectivity index (χ3v) is 8.98. The maximum atomic E-state index is 14.2. The zero-order chi connectivity index (χ0) is 31.9. The first kappa shape index (κ1) is 33.1. The Labute approximate surface area is 261 Å². The van der Waals surface area contributed by atoms with Gasteiger partial charge in [0.1, 0.15) is 18.1 Å². The van der Waals surface area contributed by atoms with Crippen LogP contribution in [0, 0.1) is 0 Å². The molecule has 0 atom stereocenters. The second-order valence-electron chi connectivity index (χ2n) is 11.7. The van der Waals surface area contributed by atoms with Crippen LogP contribution in [-0.2, 0) is 25.3 Å². The van der Waals surface area contributed by atoms with Crippen LogP contribution in [0.4, 0.5) is 5.69 Å². The van der Waals surface area contributed by atoms with Gasteiger partial charge in [-0.15, -0.1) is 0 Å². The van der Waals surface area contributed by atoms with Gasteiger partial charge in [-0.2, -0.15) is 8.42 Å². The average Bonchev–Trinajstić information content (AvgIpc) is 3.01. The van der Waals surface area contributed by atoms with E-state index in [1.165, 1.54) is 0 Å². The summed E-state index contributed by atoms with van der Waals surface area (Å²) in [5.74, 6) is 0.979. The number of hydrogen-bond acceptors (Lipinski definition) is 8. The smallest absolute Gasteiger partial charge is 0.409 e. The number of rotatable bonds is 13. The molecule has 0 spiro atoms. The van der Waals surface area contributed by atoms with E-state index in [1.54, 1.807) is 26.4 Å². The van der Waals surface area contributed by atoms with Gasteiger partial charge >= 0.3 is 10.3 Å². The number of carbonyl (C=O) groups is 1. The molecule has 1 heterocycles. The maximum Gasteiger partial charge on any atom is 0.409 e. The number of para-hydroxylation sites is 3. The second kappa shape index (κ2) is 14.3. The number of benzene rings is 3. The highest BCUT2D eigenvalue weighted by Gasteiger charge is 2.45. The molecule has 0 unspecified atom stereocenters. The lowest BCUT2D eigenvalue weighted by molar-refractivity contribution is -0.125. The minimum Gasteiger partial charge on any atom is -0.497 e. The Morgan fingerprint density at radius 2 is 1.52 bits per heavy atom. The van der Waals surface area contributed by atoms with E-state index in [9.17, 15) is 13.2 Å². The fraction of sp³-hybridized carbons (Fsp3) is 0.441. The van der Waals surface area contributed by atoms with Gasteiger partial charge in [-0.1, -0.05) is 70.2 Å². The number of methoxy groups -OCH3 is 2. The Balaban J connectivity index is 1.64. The zero-order valence-corrected chi connectivity index (χ0v) is 27.3. The van der Waals surface area contributed by atoms with E-state index in [-0.39, 0.29) is 17.6 Å². The molecule has 238 valence electrons. The Hall–Kier alpha value is -3.76. The molecule has 9 nitrogen and oxygen atoms in total. The topological polar surface area (TPSA) is 103 Å². The largest absolute Gasteiger partial charge is 0.497 e. The van der Waals surface area contributed by atoms with E-state index < -0.39 is 21.6 Å². The number of piperidine rings is 1. The number of amides is 1. The fourth-order valence-corrected chi connectivity index (χ4v) is 6.57. The van der Waals surface area contributed by atoms with E-state index in [0.29, 0.717) is 50.5 Å². The van der Waals surface area contributed by atoms with Gasteiger partial charge in [0, 0.05) is 20.2 Å². The first-order chi connectivity index (χ1) is 21.0. The van der Waals surface area contributed by atoms with Gasteiger partial charge in [-0.25, -0.2) is 4.72 Å². The van der Waals surface area contributed by atoms with Gasteiger partial charge in [-0.3, -0.25) is 4.79 Å². The van der Waals surface area contributed by atoms with Gasteiger partial charge in [0.15, 0.2) is 5.75 Å². The highest BCUT2D eigenvalue weighted by atomic mass is 32.2. The van der Waals surface area contributed by atoms with Crippen molar-refractivity contribution in [2.75, 3.05) is 45.4 Å². The average molecular weight is 625 g/mol. The predicted octanol–water partition coefficient (Wildman–Crippen LogP) is 5.95. The summed E-state index contributed by atoms with van der Waals surface area (Å²) >= 11 is 0. The van der Waals surface area contributed by atoms with Crippen molar-refractivity contribution in [1.29, 1.82) is 0 Å². The molecule has 4 rings (SSSR count). The van der Waals surface area contributed by atoms with Crippen molar-refractivity contribution in [3.8, 4) is 17.2 Å². The molecule has 0 bridgehead atoms. The number of nitrogens with one attached hydrogen (secondary N) is 1. The number of ether oxygens (including phenoxy) is 3. The van der Waals surface area contributed by atoms with Crippen LogP contribution < -0.4 is 23.3 Å². The van der Waals surface area contributed by atoms with Crippen molar-refractivity contribution in [3.63, 3.8) is 0 Å². The van der Waals surface area contributed by atoms with Crippen LogP contribution in [0.2, 0.25) is 0 Å². The summed E-state index contributed by atoms with van der Waals surface area (Å²) in [4.78, 5) is 16.3. The SMILES string of the molecule is COCCOc1ccccc1N1CCC(C(=O)NS(=O)(=O)Oc2c(C(C)C)cccc2C(C)C)(c2cccc(OC)c2)CC1. The summed E-state index contributed by atoms with van der Waals surface area (Å²) in [6.07, 6.45) is 0.710. The highest BCUT2D eigenvalue weighted by Crippen LogP contribution is 2.41. The molecule has 1 saturated heterocycles. The van der Waals surface area contributed by atoms with Crippen molar-refractivity contribution >= 4 is 21.9 Å². The molecule has 1 aliphatic heterocycles. The molecule has 1 amide bonds. The maximum absolute atomic E-state index is 14.2. The summed E-state index contributed by atoms with van der Waals surface area (Å²) in [7, 11) is -1.33. The van der Waals surface area contributed by atoms with Crippen molar-refractivity contribution in [2.45, 2.75) is 57.8 Å². The zero-order valence-electron chi connectivity index (χ0n) is 26.5. The minimum atomic E-state index is -4.52. The Morgan fingerprint density at radius 1 is 0.886 bits per heavy atom. The molecule has 0 radical (unpaired) electrons. The monoisotopic (exact) mass is 624 g/mol. The molecule has 0 aliphatic carbocycles. The normalized spacial score (nSPS) is 14.9. The van der Waals surface area contributed by atoms with Crippen molar-refractivity contribution < 1.29 is 31.6 Å². The van der Waals surface area contributed by atoms with E-state index in [1.807, 2.05) is 82.3 Å². The van der Waals surface area contributed by atoms with Gasteiger partial charge in [0.25, 0.3) is 0 Å². The summed E-state index contributed by atoms with van der Waals surface area (Å²) in [6.45, 7) is 9.76. The molecule has 1 aliphatic rings. The third-order valence-electron chi connectivity index (χ3n) is 8.16. The molecular formula is C34H44N2O7S. The molecule has 3 aromatic carbocycles. The quantitative estimate of drug-likeness (QED) is 0.233. The molecule has 1 fully saturated rings. The van der Waals surface area contributed by atoms with Crippen LogP contribution in [0.1, 0.15) is 69.1 Å². The van der Waals surface area contributed by atoms with E-state index >= 15 is 0 Å². The fourth-order valence-electron chi connectivity index (χ4n) is 5.69. The molecule has 1 N–H and O–H groups in total.